The van der Waals surface area contributed by atoms with Crippen molar-refractivity contribution in [1.29, 1.82) is 0 Å². The fourth-order valence-electron chi connectivity index (χ4n) is 4.31. The third kappa shape index (κ3) is 4.46. The summed E-state index contributed by atoms with van der Waals surface area (Å²) in [5.41, 5.74) is 5.49. The van der Waals surface area contributed by atoms with E-state index in [1.807, 2.05) is 42.6 Å². The molecule has 31 heavy (non-hydrogen) atoms. The predicted molar refractivity (Wildman–Crippen MR) is 123 cm³/mol. The first-order chi connectivity index (χ1) is 15.3. The lowest BCUT2D eigenvalue weighted by Gasteiger charge is -2.21. The summed E-state index contributed by atoms with van der Waals surface area (Å²) in [7, 11) is 0. The van der Waals surface area contributed by atoms with Gasteiger partial charge in [-0.3, -0.25) is 9.88 Å². The molecule has 156 valence electrons. The van der Waals surface area contributed by atoms with Crippen molar-refractivity contribution in [2.45, 2.75) is 25.6 Å². The topological polar surface area (TPSA) is 45.6 Å². The van der Waals surface area contributed by atoms with Crippen LogP contribution in [0.15, 0.2) is 85.1 Å². The Hall–Kier alpha value is -3.21. The van der Waals surface area contributed by atoms with Crippen LogP contribution in [0.3, 0.4) is 0 Å². The zero-order valence-electron chi connectivity index (χ0n) is 17.4. The van der Waals surface area contributed by atoms with E-state index in [0.717, 1.165) is 47.6 Å². The van der Waals surface area contributed by atoms with E-state index in [0.29, 0.717) is 13.0 Å². The Balaban J connectivity index is 1.36. The summed E-state index contributed by atoms with van der Waals surface area (Å²) < 4.78 is 6.02. The smallest absolute Gasteiger partial charge is 0.123 e. The molecule has 1 aromatic heterocycles. The monoisotopic (exact) mass is 410 g/mol. The van der Waals surface area contributed by atoms with Gasteiger partial charge in [0, 0.05) is 43.2 Å². The normalized spacial score (nSPS) is 15.1. The molecule has 5 rings (SSSR count). The van der Waals surface area contributed by atoms with Crippen LogP contribution in [0.25, 0.3) is 10.9 Å². The van der Waals surface area contributed by atoms with Gasteiger partial charge in [-0.05, 0) is 41.0 Å². The summed E-state index contributed by atoms with van der Waals surface area (Å²) in [4.78, 5) is 6.89. The van der Waals surface area contributed by atoms with E-state index < -0.39 is 6.10 Å². The average molecular weight is 411 g/mol. The van der Waals surface area contributed by atoms with Crippen molar-refractivity contribution in [2.24, 2.45) is 0 Å². The number of aliphatic hydroxyl groups excluding tert-OH is 1. The Kier molecular flexibility index (Phi) is 5.65. The maximum Gasteiger partial charge on any atom is 0.123 e. The summed E-state index contributed by atoms with van der Waals surface area (Å²) >= 11 is 0. The van der Waals surface area contributed by atoms with Crippen LogP contribution >= 0.6 is 0 Å². The second-order valence-electron chi connectivity index (χ2n) is 8.12. The molecule has 4 aromatic rings. The number of aliphatic hydroxyl groups is 1. The molecule has 0 spiro atoms. The molecule has 1 N–H and O–H groups in total. The Labute approximate surface area is 182 Å². The van der Waals surface area contributed by atoms with E-state index in [9.17, 15) is 5.11 Å². The molecule has 1 atom stereocenters. The fourth-order valence-corrected chi connectivity index (χ4v) is 4.31. The van der Waals surface area contributed by atoms with Crippen molar-refractivity contribution in [2.75, 3.05) is 13.2 Å². The van der Waals surface area contributed by atoms with Crippen molar-refractivity contribution in [3.8, 4) is 5.75 Å². The maximum atomic E-state index is 10.8. The number of pyridine rings is 1. The van der Waals surface area contributed by atoms with Crippen LogP contribution in [0.2, 0.25) is 0 Å². The van der Waals surface area contributed by atoms with Crippen LogP contribution in [0.4, 0.5) is 0 Å². The highest BCUT2D eigenvalue weighted by atomic mass is 16.5. The molecule has 1 unspecified atom stereocenters. The van der Waals surface area contributed by atoms with Crippen molar-refractivity contribution in [3.05, 3.63) is 107 Å². The molecule has 1 aliphatic heterocycles. The molecule has 0 bridgehead atoms. The number of rotatable bonds is 5. The second-order valence-corrected chi connectivity index (χ2v) is 8.12. The van der Waals surface area contributed by atoms with Crippen LogP contribution in [-0.2, 0) is 19.5 Å². The van der Waals surface area contributed by atoms with Crippen LogP contribution < -0.4 is 4.74 Å². The van der Waals surface area contributed by atoms with Gasteiger partial charge in [-0.2, -0.15) is 0 Å². The minimum atomic E-state index is -0.534. The lowest BCUT2D eigenvalue weighted by atomic mass is 9.99. The number of hydrogen-bond acceptors (Lipinski definition) is 4. The Bertz CT molecular complexity index is 1170. The lowest BCUT2D eigenvalue weighted by Crippen LogP contribution is -2.25. The van der Waals surface area contributed by atoms with E-state index in [-0.39, 0.29) is 0 Å². The molecule has 0 aliphatic carbocycles. The standard InChI is InChI=1S/C27H26N2O2/c30-26(16-20-6-2-1-3-7-20)21-11-12-27-23(17-21)19-29(14-15-31-27)18-22-8-4-10-25-24(22)9-5-13-28-25/h1-13,17,26,30H,14-16,18-19H2. The zero-order valence-corrected chi connectivity index (χ0v) is 17.4. The number of aromatic nitrogens is 1. The second kappa shape index (κ2) is 8.88. The quantitative estimate of drug-likeness (QED) is 0.508. The molecule has 0 radical (unpaired) electrons. The van der Waals surface area contributed by atoms with Crippen LogP contribution in [0.1, 0.15) is 28.4 Å². The molecule has 0 fully saturated rings. The maximum absolute atomic E-state index is 10.8. The Morgan fingerprint density at radius 1 is 0.968 bits per heavy atom. The Morgan fingerprint density at radius 3 is 2.77 bits per heavy atom. The third-order valence-corrected chi connectivity index (χ3v) is 5.93. The summed E-state index contributed by atoms with van der Waals surface area (Å²) in [5.74, 6) is 0.915. The van der Waals surface area contributed by atoms with Gasteiger partial charge in [-0.15, -0.1) is 0 Å². The molecule has 0 saturated carbocycles. The summed E-state index contributed by atoms with van der Waals surface area (Å²) in [6.07, 6.45) is 1.91. The summed E-state index contributed by atoms with van der Waals surface area (Å²) in [5, 5.41) is 12.0. The molecule has 4 nitrogen and oxygen atoms in total. The molecular weight excluding hydrogens is 384 g/mol. The highest BCUT2D eigenvalue weighted by molar-refractivity contribution is 5.81. The van der Waals surface area contributed by atoms with Gasteiger partial charge in [0.2, 0.25) is 0 Å². The average Bonchev–Trinajstić information content (AvgIpc) is 3.01. The van der Waals surface area contributed by atoms with E-state index in [4.69, 9.17) is 4.74 Å². The minimum absolute atomic E-state index is 0.534. The lowest BCUT2D eigenvalue weighted by molar-refractivity contribution is 0.178. The fraction of sp³-hybridized carbons (Fsp3) is 0.222. The Morgan fingerprint density at radius 2 is 1.87 bits per heavy atom. The molecule has 0 amide bonds. The van der Waals surface area contributed by atoms with E-state index in [1.54, 1.807) is 0 Å². The highest BCUT2D eigenvalue weighted by Crippen LogP contribution is 2.29. The van der Waals surface area contributed by atoms with E-state index in [2.05, 4.69) is 52.3 Å². The number of hydrogen-bond donors (Lipinski definition) is 1. The van der Waals surface area contributed by atoms with Crippen LogP contribution in [-0.4, -0.2) is 28.1 Å². The zero-order chi connectivity index (χ0) is 21.0. The minimum Gasteiger partial charge on any atom is -0.492 e. The third-order valence-electron chi connectivity index (χ3n) is 5.93. The predicted octanol–water partition coefficient (Wildman–Crippen LogP) is 4.91. The number of nitrogens with zero attached hydrogens (tertiary/aromatic N) is 2. The molecule has 0 saturated heterocycles. The molecule has 4 heteroatoms. The van der Waals surface area contributed by atoms with E-state index in [1.165, 1.54) is 10.9 Å². The first-order valence-corrected chi connectivity index (χ1v) is 10.8. The van der Waals surface area contributed by atoms with E-state index >= 15 is 0 Å². The number of fused-ring (bicyclic) bond motifs is 2. The van der Waals surface area contributed by atoms with Gasteiger partial charge >= 0.3 is 0 Å². The molecule has 3 aromatic carbocycles. The van der Waals surface area contributed by atoms with Gasteiger partial charge in [-0.1, -0.05) is 54.6 Å². The number of benzene rings is 3. The van der Waals surface area contributed by atoms with Crippen molar-refractivity contribution in [1.82, 2.24) is 9.88 Å². The van der Waals surface area contributed by atoms with Gasteiger partial charge in [0.1, 0.15) is 12.4 Å². The van der Waals surface area contributed by atoms with Gasteiger partial charge in [0.05, 0.1) is 11.6 Å². The summed E-state index contributed by atoms with van der Waals surface area (Å²) in [6.45, 7) is 3.13. The molecular formula is C27H26N2O2. The molecule has 2 heterocycles. The first kappa shape index (κ1) is 19.7. The van der Waals surface area contributed by atoms with Gasteiger partial charge in [-0.25, -0.2) is 0 Å². The van der Waals surface area contributed by atoms with Crippen molar-refractivity contribution in [3.63, 3.8) is 0 Å². The number of ether oxygens (including phenoxy) is 1. The largest absolute Gasteiger partial charge is 0.492 e. The summed E-state index contributed by atoms with van der Waals surface area (Å²) in [6, 6.07) is 26.6. The van der Waals surface area contributed by atoms with Crippen molar-refractivity contribution < 1.29 is 9.84 Å². The van der Waals surface area contributed by atoms with Crippen LogP contribution in [0.5, 0.6) is 5.75 Å². The SMILES string of the molecule is OC(Cc1ccccc1)c1ccc2c(c1)CN(Cc1cccc3ncccc13)CCO2. The highest BCUT2D eigenvalue weighted by Gasteiger charge is 2.19. The van der Waals surface area contributed by atoms with Crippen LogP contribution in [0, 0.1) is 0 Å². The van der Waals surface area contributed by atoms with Gasteiger partial charge in [0.15, 0.2) is 0 Å². The van der Waals surface area contributed by atoms with Gasteiger partial charge < -0.3 is 9.84 Å². The molecule has 1 aliphatic rings. The van der Waals surface area contributed by atoms with Gasteiger partial charge in [0.25, 0.3) is 0 Å². The first-order valence-electron chi connectivity index (χ1n) is 10.8. The van der Waals surface area contributed by atoms with Crippen molar-refractivity contribution >= 4 is 10.9 Å².